The molecule has 3 N–H and O–H groups in total. The molecule has 0 atom stereocenters. The van der Waals surface area contributed by atoms with Crippen LogP contribution in [0.25, 0.3) is 0 Å². The molecule has 0 radical (unpaired) electrons. The van der Waals surface area contributed by atoms with Gasteiger partial charge in [-0.3, -0.25) is 9.79 Å². The fraction of sp³-hybridized carbons (Fsp3) is 0.467. The quantitative estimate of drug-likeness (QED) is 0.410. The van der Waals surface area contributed by atoms with E-state index in [0.29, 0.717) is 13.1 Å². The predicted molar refractivity (Wildman–Crippen MR) is 80.4 cm³/mol. The summed E-state index contributed by atoms with van der Waals surface area (Å²) in [6, 6.07) is 10.2. The van der Waals surface area contributed by atoms with Crippen molar-refractivity contribution in [3.63, 3.8) is 0 Å². The van der Waals surface area contributed by atoms with Gasteiger partial charge >= 0.3 is 0 Å². The number of aliphatic imine (C=N–C) groups is 1. The van der Waals surface area contributed by atoms with E-state index in [9.17, 15) is 4.79 Å². The first-order valence-corrected chi connectivity index (χ1v) is 7.06. The van der Waals surface area contributed by atoms with Crippen molar-refractivity contribution in [2.45, 2.75) is 19.4 Å². The van der Waals surface area contributed by atoms with Crippen molar-refractivity contribution in [2.24, 2.45) is 10.9 Å². The van der Waals surface area contributed by atoms with Crippen LogP contribution >= 0.6 is 0 Å². The Labute approximate surface area is 119 Å². The van der Waals surface area contributed by atoms with E-state index < -0.39 is 0 Å². The molecule has 0 aromatic heterocycles. The normalized spacial score (nSPS) is 14.8. The smallest absolute Gasteiger partial charge is 0.223 e. The number of benzene rings is 1. The predicted octanol–water partition coefficient (Wildman–Crippen LogP) is 0.878. The molecule has 0 saturated heterocycles. The van der Waals surface area contributed by atoms with Gasteiger partial charge in [-0.1, -0.05) is 30.3 Å². The molecule has 5 nitrogen and oxygen atoms in total. The second-order valence-corrected chi connectivity index (χ2v) is 4.90. The minimum atomic E-state index is 0.180. The lowest BCUT2D eigenvalue weighted by Crippen LogP contribution is -2.41. The van der Waals surface area contributed by atoms with Crippen LogP contribution in [0.5, 0.6) is 0 Å². The molecule has 1 aromatic carbocycles. The Morgan fingerprint density at radius 1 is 1.15 bits per heavy atom. The molecule has 0 unspecified atom stereocenters. The van der Waals surface area contributed by atoms with Gasteiger partial charge in [0.1, 0.15) is 0 Å². The highest BCUT2D eigenvalue weighted by atomic mass is 16.2. The number of nitrogens with zero attached hydrogens (tertiary/aromatic N) is 1. The van der Waals surface area contributed by atoms with Crippen LogP contribution in [0.3, 0.4) is 0 Å². The lowest BCUT2D eigenvalue weighted by molar-refractivity contribution is -0.122. The monoisotopic (exact) mass is 274 g/mol. The van der Waals surface area contributed by atoms with Crippen molar-refractivity contribution in [3.8, 4) is 0 Å². The van der Waals surface area contributed by atoms with Crippen LogP contribution in [0.4, 0.5) is 0 Å². The molecule has 2 rings (SSSR count). The van der Waals surface area contributed by atoms with E-state index in [0.717, 1.165) is 25.3 Å². The Hall–Kier alpha value is -2.04. The van der Waals surface area contributed by atoms with Crippen LogP contribution in [0.1, 0.15) is 18.4 Å². The molecule has 5 heteroatoms. The molecule has 0 bridgehead atoms. The van der Waals surface area contributed by atoms with Gasteiger partial charge in [0.25, 0.3) is 0 Å². The van der Waals surface area contributed by atoms with Crippen molar-refractivity contribution in [3.05, 3.63) is 35.9 Å². The molecule has 1 aliphatic rings. The van der Waals surface area contributed by atoms with Gasteiger partial charge in [-0.2, -0.15) is 0 Å². The summed E-state index contributed by atoms with van der Waals surface area (Å²) in [5, 5.41) is 9.33. The summed E-state index contributed by atoms with van der Waals surface area (Å²) in [4.78, 5) is 15.6. The number of nitrogens with one attached hydrogen (secondary N) is 3. The third-order valence-corrected chi connectivity index (χ3v) is 3.19. The maximum atomic E-state index is 11.4. The molecular formula is C15H22N4O. The molecule has 1 aliphatic carbocycles. The second-order valence-electron chi connectivity index (χ2n) is 4.90. The number of carbonyl (C=O) groups is 1. The zero-order valence-corrected chi connectivity index (χ0v) is 11.9. The third-order valence-electron chi connectivity index (χ3n) is 3.19. The van der Waals surface area contributed by atoms with Crippen molar-refractivity contribution in [1.82, 2.24) is 16.0 Å². The van der Waals surface area contributed by atoms with Gasteiger partial charge in [-0.15, -0.1) is 0 Å². The topological polar surface area (TPSA) is 65.5 Å². The average Bonchev–Trinajstić information content (AvgIpc) is 3.32. The number of carbonyl (C=O) groups excluding carboxylic acids is 1. The summed E-state index contributed by atoms with van der Waals surface area (Å²) in [5.41, 5.74) is 1.21. The number of guanidine groups is 1. The first-order valence-electron chi connectivity index (χ1n) is 7.06. The maximum absolute atomic E-state index is 11.4. The summed E-state index contributed by atoms with van der Waals surface area (Å²) in [6.07, 6.45) is 2.08. The van der Waals surface area contributed by atoms with Crippen molar-refractivity contribution in [1.29, 1.82) is 0 Å². The van der Waals surface area contributed by atoms with E-state index in [1.165, 1.54) is 5.56 Å². The van der Waals surface area contributed by atoms with E-state index in [-0.39, 0.29) is 11.8 Å². The Kier molecular flexibility index (Phi) is 5.41. The number of hydrogen-bond acceptors (Lipinski definition) is 2. The van der Waals surface area contributed by atoms with Crippen LogP contribution < -0.4 is 16.0 Å². The summed E-state index contributed by atoms with van der Waals surface area (Å²) in [5.74, 6) is 1.19. The minimum absolute atomic E-state index is 0.180. The number of hydrogen-bond donors (Lipinski definition) is 3. The highest BCUT2D eigenvalue weighted by Gasteiger charge is 2.28. The van der Waals surface area contributed by atoms with Crippen molar-refractivity contribution < 1.29 is 4.79 Å². The third kappa shape index (κ3) is 4.91. The van der Waals surface area contributed by atoms with Crippen molar-refractivity contribution in [2.75, 3.05) is 20.1 Å². The van der Waals surface area contributed by atoms with Gasteiger partial charge in [0.2, 0.25) is 5.91 Å². The Bertz CT molecular complexity index is 454. The zero-order valence-electron chi connectivity index (χ0n) is 11.9. The molecule has 1 amide bonds. The van der Waals surface area contributed by atoms with Crippen LogP contribution in [0, 0.1) is 5.92 Å². The molecule has 0 aliphatic heterocycles. The summed E-state index contributed by atoms with van der Waals surface area (Å²) in [6.45, 7) is 2.03. The second kappa shape index (κ2) is 7.53. The van der Waals surface area contributed by atoms with Gasteiger partial charge in [-0.05, 0) is 18.4 Å². The van der Waals surface area contributed by atoms with E-state index >= 15 is 0 Å². The number of rotatable bonds is 6. The van der Waals surface area contributed by atoms with Gasteiger partial charge in [0, 0.05) is 32.6 Å². The lowest BCUT2D eigenvalue weighted by Gasteiger charge is -2.12. The largest absolute Gasteiger partial charge is 0.355 e. The van der Waals surface area contributed by atoms with Gasteiger partial charge in [-0.25, -0.2) is 0 Å². The molecule has 108 valence electrons. The van der Waals surface area contributed by atoms with Crippen LogP contribution in [-0.4, -0.2) is 32.0 Å². The maximum Gasteiger partial charge on any atom is 0.223 e. The van der Waals surface area contributed by atoms with Crippen molar-refractivity contribution >= 4 is 11.9 Å². The first-order chi connectivity index (χ1) is 9.79. The van der Waals surface area contributed by atoms with Gasteiger partial charge in [0.05, 0.1) is 0 Å². The van der Waals surface area contributed by atoms with E-state index in [1.54, 1.807) is 7.05 Å². The van der Waals surface area contributed by atoms with Gasteiger partial charge < -0.3 is 16.0 Å². The van der Waals surface area contributed by atoms with Crippen LogP contribution in [0.2, 0.25) is 0 Å². The summed E-state index contributed by atoms with van der Waals surface area (Å²) in [7, 11) is 1.74. The van der Waals surface area contributed by atoms with E-state index in [4.69, 9.17) is 0 Å². The summed E-state index contributed by atoms with van der Waals surface area (Å²) < 4.78 is 0. The molecule has 20 heavy (non-hydrogen) atoms. The van der Waals surface area contributed by atoms with Gasteiger partial charge in [0.15, 0.2) is 5.96 Å². The zero-order chi connectivity index (χ0) is 14.2. The highest BCUT2D eigenvalue weighted by molar-refractivity contribution is 5.81. The molecular weight excluding hydrogens is 252 g/mol. The Morgan fingerprint density at radius 3 is 2.50 bits per heavy atom. The van der Waals surface area contributed by atoms with Crippen LogP contribution in [-0.2, 0) is 11.3 Å². The number of amides is 1. The average molecular weight is 274 g/mol. The molecule has 1 saturated carbocycles. The lowest BCUT2D eigenvalue weighted by atomic mass is 10.2. The minimum Gasteiger partial charge on any atom is -0.355 e. The molecule has 1 aromatic rings. The molecule has 0 heterocycles. The van der Waals surface area contributed by atoms with E-state index in [1.807, 2.05) is 18.2 Å². The van der Waals surface area contributed by atoms with Crippen LogP contribution in [0.15, 0.2) is 35.3 Å². The SMILES string of the molecule is CN=C(NCCNC(=O)C1CC1)NCc1ccccc1. The fourth-order valence-electron chi connectivity index (χ4n) is 1.86. The van der Waals surface area contributed by atoms with E-state index in [2.05, 4.69) is 33.1 Å². The summed E-state index contributed by atoms with van der Waals surface area (Å²) >= 11 is 0. The Morgan fingerprint density at radius 2 is 1.85 bits per heavy atom. The molecule has 1 fully saturated rings. The first kappa shape index (κ1) is 14.4. The standard InChI is InChI=1S/C15H22N4O/c1-16-15(19-11-12-5-3-2-4-6-12)18-10-9-17-14(20)13-7-8-13/h2-6,13H,7-11H2,1H3,(H,17,20)(H2,16,18,19). The fourth-order valence-corrected chi connectivity index (χ4v) is 1.86. The highest BCUT2D eigenvalue weighted by Crippen LogP contribution is 2.28. The molecule has 0 spiro atoms. The Balaban J connectivity index is 1.61.